The van der Waals surface area contributed by atoms with Crippen LogP contribution in [0.15, 0.2) is 29.2 Å². The summed E-state index contributed by atoms with van der Waals surface area (Å²) in [6.45, 7) is 1.50. The minimum Gasteiger partial charge on any atom is -0.453 e. The molecule has 2 rings (SSSR count). The van der Waals surface area contributed by atoms with Crippen LogP contribution in [-0.2, 0) is 24.3 Å². The van der Waals surface area contributed by atoms with Gasteiger partial charge in [0.2, 0.25) is 10.0 Å². The van der Waals surface area contributed by atoms with E-state index in [0.717, 1.165) is 23.6 Å². The van der Waals surface area contributed by atoms with Crippen LogP contribution in [0, 0.1) is 5.92 Å². The van der Waals surface area contributed by atoms with Crippen molar-refractivity contribution < 1.29 is 22.7 Å². The molecule has 0 aromatic heterocycles. The van der Waals surface area contributed by atoms with E-state index in [1.54, 1.807) is 12.1 Å². The maximum absolute atomic E-state index is 12.3. The number of nitrogens with zero attached hydrogens (tertiary/aromatic N) is 1. The van der Waals surface area contributed by atoms with Crippen molar-refractivity contribution in [2.75, 3.05) is 19.4 Å². The second-order valence-corrected chi connectivity index (χ2v) is 9.28. The molecule has 0 heterocycles. The summed E-state index contributed by atoms with van der Waals surface area (Å²) in [6, 6.07) is 5.96. The van der Waals surface area contributed by atoms with E-state index >= 15 is 0 Å². The number of carbonyl (C=O) groups excluding carboxylic acids is 2. The van der Waals surface area contributed by atoms with Crippen molar-refractivity contribution in [3.05, 3.63) is 24.3 Å². The number of anilines is 1. The molecule has 1 N–H and O–H groups in total. The quantitative estimate of drug-likeness (QED) is 0.682. The first kappa shape index (κ1) is 21.4. The van der Waals surface area contributed by atoms with Crippen molar-refractivity contribution in [3.8, 4) is 0 Å². The summed E-state index contributed by atoms with van der Waals surface area (Å²) in [7, 11) is -0.717. The smallest absolute Gasteiger partial charge is 0.306 e. The first-order valence-corrected chi connectivity index (χ1v) is 10.7. The van der Waals surface area contributed by atoms with Crippen molar-refractivity contribution in [1.82, 2.24) is 4.31 Å². The average Bonchev–Trinajstić information content (AvgIpc) is 3.13. The van der Waals surface area contributed by atoms with E-state index in [1.807, 2.05) is 0 Å². The SMILES string of the molecule is C[C@@H](OC(=O)CCC1CCCC1)C(=O)Nc1cccc(S(=O)(=O)N(C)C)c1. The molecule has 1 amide bonds. The lowest BCUT2D eigenvalue weighted by Crippen LogP contribution is -2.30. The number of sulfonamides is 1. The number of ether oxygens (including phenoxy) is 1. The molecule has 1 aliphatic rings. The predicted octanol–water partition coefficient (Wildman–Crippen LogP) is 2.78. The summed E-state index contributed by atoms with van der Waals surface area (Å²) in [6.07, 6.45) is 4.94. The van der Waals surface area contributed by atoms with Gasteiger partial charge in [-0.3, -0.25) is 9.59 Å². The number of carbonyl (C=O) groups is 2. The molecule has 1 aromatic rings. The van der Waals surface area contributed by atoms with E-state index in [0.29, 0.717) is 18.0 Å². The highest BCUT2D eigenvalue weighted by Crippen LogP contribution is 2.28. The molecule has 1 atom stereocenters. The van der Waals surface area contributed by atoms with E-state index < -0.39 is 22.0 Å². The van der Waals surface area contributed by atoms with Gasteiger partial charge in [-0.15, -0.1) is 0 Å². The third kappa shape index (κ3) is 6.04. The summed E-state index contributed by atoms with van der Waals surface area (Å²) in [5.74, 6) is -0.292. The number of amides is 1. The lowest BCUT2D eigenvalue weighted by Gasteiger charge is -2.16. The molecule has 150 valence electrons. The fourth-order valence-corrected chi connectivity index (χ4v) is 4.07. The molecule has 0 saturated heterocycles. The van der Waals surface area contributed by atoms with Gasteiger partial charge < -0.3 is 10.1 Å². The highest BCUT2D eigenvalue weighted by atomic mass is 32.2. The van der Waals surface area contributed by atoms with E-state index in [9.17, 15) is 18.0 Å². The van der Waals surface area contributed by atoms with Gasteiger partial charge in [-0.25, -0.2) is 12.7 Å². The van der Waals surface area contributed by atoms with Gasteiger partial charge in [0.1, 0.15) is 0 Å². The number of rotatable bonds is 8. The van der Waals surface area contributed by atoms with Crippen LogP contribution in [0.3, 0.4) is 0 Å². The Morgan fingerprint density at radius 2 is 1.93 bits per heavy atom. The van der Waals surface area contributed by atoms with E-state index in [1.165, 1.54) is 46.0 Å². The molecular weight excluding hydrogens is 368 g/mol. The Hall–Kier alpha value is -1.93. The maximum atomic E-state index is 12.3. The van der Waals surface area contributed by atoms with Crippen LogP contribution in [-0.4, -0.2) is 44.8 Å². The van der Waals surface area contributed by atoms with Crippen LogP contribution in [0.25, 0.3) is 0 Å². The van der Waals surface area contributed by atoms with Crippen LogP contribution >= 0.6 is 0 Å². The van der Waals surface area contributed by atoms with Gasteiger partial charge in [-0.05, 0) is 37.5 Å². The standard InChI is InChI=1S/C19H28N2O5S/c1-14(26-18(22)12-11-15-7-4-5-8-15)19(23)20-16-9-6-10-17(13-16)27(24,25)21(2)3/h6,9-10,13-15H,4-5,7-8,11-12H2,1-3H3,(H,20,23)/t14-/m1/s1. The molecular formula is C19H28N2O5S. The summed E-state index contributed by atoms with van der Waals surface area (Å²) < 4.78 is 30.7. The number of hydrogen-bond acceptors (Lipinski definition) is 5. The lowest BCUT2D eigenvalue weighted by molar-refractivity contribution is -0.153. The van der Waals surface area contributed by atoms with Crippen LogP contribution in [0.1, 0.15) is 45.4 Å². The molecule has 0 spiro atoms. The molecule has 1 saturated carbocycles. The molecule has 1 aromatic carbocycles. The zero-order valence-corrected chi connectivity index (χ0v) is 16.9. The van der Waals surface area contributed by atoms with Crippen molar-refractivity contribution >= 4 is 27.6 Å². The largest absolute Gasteiger partial charge is 0.453 e. The Bertz CT molecular complexity index is 770. The molecule has 8 heteroatoms. The first-order valence-electron chi connectivity index (χ1n) is 9.23. The van der Waals surface area contributed by atoms with E-state index in [-0.39, 0.29) is 10.9 Å². The number of nitrogens with one attached hydrogen (secondary N) is 1. The Balaban J connectivity index is 1.89. The minimum absolute atomic E-state index is 0.0755. The van der Waals surface area contributed by atoms with Gasteiger partial charge >= 0.3 is 5.97 Å². The molecule has 0 unspecified atom stereocenters. The molecule has 27 heavy (non-hydrogen) atoms. The average molecular weight is 397 g/mol. The Kier molecular flexibility index (Phi) is 7.38. The Morgan fingerprint density at radius 1 is 1.26 bits per heavy atom. The van der Waals surface area contributed by atoms with Crippen LogP contribution < -0.4 is 5.32 Å². The van der Waals surface area contributed by atoms with E-state index in [4.69, 9.17) is 4.74 Å². The lowest BCUT2D eigenvalue weighted by atomic mass is 10.0. The highest BCUT2D eigenvalue weighted by Gasteiger charge is 2.22. The first-order chi connectivity index (χ1) is 12.7. The zero-order valence-electron chi connectivity index (χ0n) is 16.1. The summed E-state index contributed by atoms with van der Waals surface area (Å²) >= 11 is 0. The second-order valence-electron chi connectivity index (χ2n) is 7.13. The molecule has 1 fully saturated rings. The Morgan fingerprint density at radius 3 is 2.56 bits per heavy atom. The number of benzene rings is 1. The van der Waals surface area contributed by atoms with Gasteiger partial charge in [-0.2, -0.15) is 0 Å². The maximum Gasteiger partial charge on any atom is 0.306 e. The van der Waals surface area contributed by atoms with Crippen LogP contribution in [0.2, 0.25) is 0 Å². The molecule has 7 nitrogen and oxygen atoms in total. The molecule has 0 aliphatic heterocycles. The van der Waals surface area contributed by atoms with Crippen LogP contribution in [0.5, 0.6) is 0 Å². The molecule has 1 aliphatic carbocycles. The van der Waals surface area contributed by atoms with Gasteiger partial charge in [0.05, 0.1) is 4.90 Å². The second kappa shape index (κ2) is 9.32. The number of esters is 1. The van der Waals surface area contributed by atoms with Gasteiger partial charge in [-0.1, -0.05) is 31.7 Å². The van der Waals surface area contributed by atoms with Crippen molar-refractivity contribution in [3.63, 3.8) is 0 Å². The predicted molar refractivity (Wildman–Crippen MR) is 103 cm³/mol. The fourth-order valence-electron chi connectivity index (χ4n) is 3.12. The third-order valence-corrected chi connectivity index (χ3v) is 6.60. The Labute approximate surface area is 161 Å². The molecule has 0 bridgehead atoms. The van der Waals surface area contributed by atoms with Gasteiger partial charge in [0.15, 0.2) is 6.10 Å². The minimum atomic E-state index is -3.59. The topological polar surface area (TPSA) is 92.8 Å². The monoisotopic (exact) mass is 396 g/mol. The van der Waals surface area contributed by atoms with Crippen molar-refractivity contribution in [2.24, 2.45) is 5.92 Å². The molecule has 0 radical (unpaired) electrons. The van der Waals surface area contributed by atoms with Crippen molar-refractivity contribution in [2.45, 2.75) is 56.4 Å². The van der Waals surface area contributed by atoms with Crippen LogP contribution in [0.4, 0.5) is 5.69 Å². The zero-order chi connectivity index (χ0) is 20.0. The normalized spacial score (nSPS) is 16.3. The summed E-state index contributed by atoms with van der Waals surface area (Å²) in [5, 5.41) is 2.60. The highest BCUT2D eigenvalue weighted by molar-refractivity contribution is 7.89. The fraction of sp³-hybridized carbons (Fsp3) is 0.579. The summed E-state index contributed by atoms with van der Waals surface area (Å²) in [4.78, 5) is 24.3. The number of hydrogen-bond donors (Lipinski definition) is 1. The van der Waals surface area contributed by atoms with Crippen molar-refractivity contribution in [1.29, 1.82) is 0 Å². The summed E-state index contributed by atoms with van der Waals surface area (Å²) in [5.41, 5.74) is 0.330. The third-order valence-electron chi connectivity index (χ3n) is 4.79. The van der Waals surface area contributed by atoms with E-state index in [2.05, 4.69) is 5.32 Å². The van der Waals surface area contributed by atoms with Gasteiger partial charge in [0, 0.05) is 26.2 Å². The van der Waals surface area contributed by atoms with Gasteiger partial charge in [0.25, 0.3) is 5.91 Å².